The standard InChI is InChI=1S/C15H17ClN8O2/c16-10-12(18)23-11(17)9(22-10)14(26)24-15(19)21-7-6-20-13(25)8-4-2-1-3-5-8/h1-5H,6-7H2,(H,20,25)(H4,17,18,23)(H3,19,21,24,26). The first-order chi connectivity index (χ1) is 12.4. The van der Waals surface area contributed by atoms with Gasteiger partial charge in [-0.2, -0.15) is 0 Å². The zero-order valence-electron chi connectivity index (χ0n) is 13.5. The Balaban J connectivity index is 1.78. The molecule has 136 valence electrons. The highest BCUT2D eigenvalue weighted by Crippen LogP contribution is 2.16. The van der Waals surface area contributed by atoms with E-state index in [9.17, 15) is 9.59 Å². The van der Waals surface area contributed by atoms with Gasteiger partial charge in [0.25, 0.3) is 11.8 Å². The van der Waals surface area contributed by atoms with Crippen LogP contribution in [0.2, 0.25) is 5.15 Å². The number of aromatic nitrogens is 2. The number of nitrogen functional groups attached to an aromatic ring is 2. The van der Waals surface area contributed by atoms with E-state index in [-0.39, 0.29) is 47.4 Å². The molecule has 2 amide bonds. The number of carbonyl (C=O) groups is 2. The molecular formula is C15H17ClN8O2. The van der Waals surface area contributed by atoms with Crippen molar-refractivity contribution in [1.29, 1.82) is 5.41 Å². The Bertz CT molecular complexity index is 828. The quantitative estimate of drug-likeness (QED) is 0.241. The monoisotopic (exact) mass is 376 g/mol. The van der Waals surface area contributed by atoms with Gasteiger partial charge in [0, 0.05) is 18.7 Å². The molecule has 1 aromatic heterocycles. The van der Waals surface area contributed by atoms with E-state index in [0.717, 1.165) is 0 Å². The maximum Gasteiger partial charge on any atom is 0.280 e. The second-order valence-electron chi connectivity index (χ2n) is 5.01. The van der Waals surface area contributed by atoms with Gasteiger partial charge in [0.1, 0.15) is 0 Å². The summed E-state index contributed by atoms with van der Waals surface area (Å²) in [7, 11) is 0. The van der Waals surface area contributed by atoms with Crippen LogP contribution in [0.15, 0.2) is 30.3 Å². The summed E-state index contributed by atoms with van der Waals surface area (Å²) in [4.78, 5) is 31.3. The van der Waals surface area contributed by atoms with Crippen molar-refractivity contribution in [1.82, 2.24) is 25.9 Å². The molecule has 0 radical (unpaired) electrons. The number of anilines is 2. The average Bonchev–Trinajstić information content (AvgIpc) is 2.62. The molecule has 0 aliphatic carbocycles. The summed E-state index contributed by atoms with van der Waals surface area (Å²) in [5.74, 6) is -1.58. The van der Waals surface area contributed by atoms with Gasteiger partial charge >= 0.3 is 0 Å². The summed E-state index contributed by atoms with van der Waals surface area (Å²) >= 11 is 5.71. The first-order valence-electron chi connectivity index (χ1n) is 7.44. The number of nitrogens with zero attached hydrogens (tertiary/aromatic N) is 2. The van der Waals surface area contributed by atoms with Crippen LogP contribution in [-0.2, 0) is 0 Å². The Morgan fingerprint density at radius 2 is 1.65 bits per heavy atom. The van der Waals surface area contributed by atoms with E-state index in [2.05, 4.69) is 25.9 Å². The molecule has 0 unspecified atom stereocenters. The third kappa shape index (κ3) is 5.05. The highest BCUT2D eigenvalue weighted by Gasteiger charge is 2.17. The third-order valence-electron chi connectivity index (χ3n) is 3.11. The maximum absolute atomic E-state index is 12.0. The zero-order chi connectivity index (χ0) is 19.1. The van der Waals surface area contributed by atoms with Gasteiger partial charge in [-0.05, 0) is 12.1 Å². The second kappa shape index (κ2) is 8.62. The minimum atomic E-state index is -0.761. The van der Waals surface area contributed by atoms with Crippen molar-refractivity contribution < 1.29 is 9.59 Å². The van der Waals surface area contributed by atoms with Gasteiger partial charge in [-0.1, -0.05) is 29.8 Å². The van der Waals surface area contributed by atoms with Crippen LogP contribution in [0.5, 0.6) is 0 Å². The van der Waals surface area contributed by atoms with Gasteiger partial charge in [-0.25, -0.2) is 9.97 Å². The van der Waals surface area contributed by atoms with Crippen molar-refractivity contribution in [2.24, 2.45) is 0 Å². The number of hydrogen-bond acceptors (Lipinski definition) is 7. The van der Waals surface area contributed by atoms with Gasteiger partial charge < -0.3 is 22.1 Å². The Labute approximate surface area is 153 Å². The summed E-state index contributed by atoms with van der Waals surface area (Å²) in [5, 5.41) is 15.1. The van der Waals surface area contributed by atoms with Crippen molar-refractivity contribution in [2.75, 3.05) is 24.6 Å². The molecule has 1 aromatic carbocycles. The Kier molecular flexibility index (Phi) is 6.28. The molecule has 0 spiro atoms. The number of amides is 2. The lowest BCUT2D eigenvalue weighted by Crippen LogP contribution is -2.43. The van der Waals surface area contributed by atoms with E-state index in [4.69, 9.17) is 28.5 Å². The van der Waals surface area contributed by atoms with Crippen molar-refractivity contribution in [2.45, 2.75) is 0 Å². The normalized spacial score (nSPS) is 10.0. The number of carbonyl (C=O) groups excluding carboxylic acids is 2. The molecule has 8 N–H and O–H groups in total. The van der Waals surface area contributed by atoms with Gasteiger partial charge in [-0.15, -0.1) is 0 Å². The molecule has 1 heterocycles. The highest BCUT2D eigenvalue weighted by atomic mass is 35.5. The number of nitrogens with two attached hydrogens (primary N) is 2. The fraction of sp³-hybridized carbons (Fsp3) is 0.133. The van der Waals surface area contributed by atoms with Crippen LogP contribution < -0.4 is 27.4 Å². The first kappa shape index (κ1) is 18.9. The van der Waals surface area contributed by atoms with Crippen LogP contribution >= 0.6 is 11.6 Å². The number of rotatable bonds is 5. The van der Waals surface area contributed by atoms with E-state index >= 15 is 0 Å². The van der Waals surface area contributed by atoms with Crippen molar-refractivity contribution >= 4 is 41.0 Å². The zero-order valence-corrected chi connectivity index (χ0v) is 14.3. The molecule has 0 saturated heterocycles. The number of hydrogen-bond donors (Lipinski definition) is 6. The Hall–Kier alpha value is -3.40. The summed E-state index contributed by atoms with van der Waals surface area (Å²) in [6, 6.07) is 8.71. The van der Waals surface area contributed by atoms with Gasteiger partial charge in [0.05, 0.1) is 0 Å². The highest BCUT2D eigenvalue weighted by molar-refractivity contribution is 6.31. The van der Waals surface area contributed by atoms with Crippen LogP contribution in [0.4, 0.5) is 11.6 Å². The van der Waals surface area contributed by atoms with Crippen LogP contribution in [0.1, 0.15) is 20.8 Å². The molecule has 0 atom stereocenters. The molecule has 0 aliphatic rings. The minimum Gasteiger partial charge on any atom is -0.382 e. The first-order valence-corrected chi connectivity index (χ1v) is 7.81. The molecule has 0 aliphatic heterocycles. The Morgan fingerprint density at radius 1 is 1.00 bits per heavy atom. The van der Waals surface area contributed by atoms with E-state index in [1.54, 1.807) is 24.3 Å². The van der Waals surface area contributed by atoms with Crippen molar-refractivity contribution in [3.63, 3.8) is 0 Å². The fourth-order valence-electron chi connectivity index (χ4n) is 1.88. The lowest BCUT2D eigenvalue weighted by molar-refractivity contribution is 0.0949. The molecule has 2 rings (SSSR count). The van der Waals surface area contributed by atoms with E-state index < -0.39 is 5.91 Å². The molecular weight excluding hydrogens is 360 g/mol. The maximum atomic E-state index is 12.0. The molecule has 10 nitrogen and oxygen atoms in total. The average molecular weight is 377 g/mol. The third-order valence-corrected chi connectivity index (χ3v) is 3.38. The number of halogens is 1. The summed E-state index contributed by atoms with van der Waals surface area (Å²) in [6.45, 7) is 0.475. The van der Waals surface area contributed by atoms with Gasteiger partial charge in [-0.3, -0.25) is 20.3 Å². The summed E-state index contributed by atoms with van der Waals surface area (Å²) in [5.41, 5.74) is 11.3. The lowest BCUT2D eigenvalue weighted by Gasteiger charge is -2.11. The van der Waals surface area contributed by atoms with Crippen LogP contribution in [0, 0.1) is 5.41 Å². The second-order valence-corrected chi connectivity index (χ2v) is 5.37. The lowest BCUT2D eigenvalue weighted by atomic mass is 10.2. The molecule has 0 fully saturated rings. The number of benzene rings is 1. The minimum absolute atomic E-state index is 0.0944. The fourth-order valence-corrected chi connectivity index (χ4v) is 2.01. The number of nitrogens with one attached hydrogen (secondary N) is 4. The topological polar surface area (TPSA) is 172 Å². The predicted molar refractivity (Wildman–Crippen MR) is 97.8 cm³/mol. The van der Waals surface area contributed by atoms with E-state index in [1.165, 1.54) is 0 Å². The molecule has 0 saturated carbocycles. The van der Waals surface area contributed by atoms with Crippen LogP contribution in [0.3, 0.4) is 0 Å². The van der Waals surface area contributed by atoms with Gasteiger partial charge in [0.15, 0.2) is 28.4 Å². The van der Waals surface area contributed by atoms with E-state index in [0.29, 0.717) is 5.56 Å². The summed E-state index contributed by atoms with van der Waals surface area (Å²) in [6.07, 6.45) is 0. The molecule has 2 aromatic rings. The Morgan fingerprint density at radius 3 is 2.35 bits per heavy atom. The molecule has 26 heavy (non-hydrogen) atoms. The predicted octanol–water partition coefficient (Wildman–Crippen LogP) is -0.0214. The van der Waals surface area contributed by atoms with Crippen molar-refractivity contribution in [3.05, 3.63) is 46.7 Å². The smallest absolute Gasteiger partial charge is 0.280 e. The molecule has 0 bridgehead atoms. The SMILES string of the molecule is N=C(NCCNC(=O)c1ccccc1)NC(=O)c1nc(Cl)c(N)nc1N. The largest absolute Gasteiger partial charge is 0.382 e. The summed E-state index contributed by atoms with van der Waals surface area (Å²) < 4.78 is 0. The van der Waals surface area contributed by atoms with Crippen LogP contribution in [0.25, 0.3) is 0 Å². The van der Waals surface area contributed by atoms with Crippen molar-refractivity contribution in [3.8, 4) is 0 Å². The van der Waals surface area contributed by atoms with E-state index in [1.807, 2.05) is 6.07 Å². The number of guanidine groups is 1. The van der Waals surface area contributed by atoms with Gasteiger partial charge in [0.2, 0.25) is 0 Å². The molecule has 11 heteroatoms. The van der Waals surface area contributed by atoms with Crippen LogP contribution in [-0.4, -0.2) is 40.8 Å².